The molecule has 2 aromatic rings. The molecule has 0 fully saturated rings. The molecule has 0 saturated carbocycles. The predicted molar refractivity (Wildman–Crippen MR) is 79.6 cm³/mol. The maximum absolute atomic E-state index is 12.9. The van der Waals surface area contributed by atoms with Gasteiger partial charge in [-0.15, -0.1) is 0 Å². The fraction of sp³-hybridized carbons (Fsp3) is 0.0556. The van der Waals surface area contributed by atoms with Crippen LogP contribution in [0.25, 0.3) is 11.8 Å². The number of halogens is 1. The van der Waals surface area contributed by atoms with E-state index < -0.39 is 5.97 Å². The van der Waals surface area contributed by atoms with Gasteiger partial charge < -0.3 is 4.74 Å². The van der Waals surface area contributed by atoms with Crippen molar-refractivity contribution in [3.8, 4) is 0 Å². The van der Waals surface area contributed by atoms with Gasteiger partial charge in [0.05, 0.1) is 5.57 Å². The molecule has 0 bridgehead atoms. The zero-order valence-electron chi connectivity index (χ0n) is 11.5. The van der Waals surface area contributed by atoms with Gasteiger partial charge in [0, 0.05) is 5.56 Å². The first kappa shape index (κ1) is 13.3. The number of aryl methyl sites for hydroxylation is 1. The first-order valence-electron chi connectivity index (χ1n) is 6.60. The molecule has 2 nitrogen and oxygen atoms in total. The molecule has 1 aliphatic rings. The molecular weight excluding hydrogens is 267 g/mol. The Morgan fingerprint density at radius 3 is 2.33 bits per heavy atom. The van der Waals surface area contributed by atoms with Crippen molar-refractivity contribution in [1.82, 2.24) is 0 Å². The number of ether oxygens (including phenoxy) is 1. The van der Waals surface area contributed by atoms with Crippen LogP contribution < -0.4 is 0 Å². The zero-order chi connectivity index (χ0) is 14.8. The van der Waals surface area contributed by atoms with Gasteiger partial charge in [-0.25, -0.2) is 9.18 Å². The van der Waals surface area contributed by atoms with Crippen molar-refractivity contribution in [2.75, 3.05) is 0 Å². The van der Waals surface area contributed by atoms with Crippen molar-refractivity contribution in [3.63, 3.8) is 0 Å². The summed E-state index contributed by atoms with van der Waals surface area (Å²) in [5, 5.41) is 0. The highest BCUT2D eigenvalue weighted by Gasteiger charge is 2.21. The van der Waals surface area contributed by atoms with Crippen LogP contribution in [0.4, 0.5) is 4.39 Å². The molecule has 0 N–H and O–H groups in total. The van der Waals surface area contributed by atoms with Crippen LogP contribution >= 0.6 is 0 Å². The number of rotatable bonds is 2. The molecule has 1 aliphatic heterocycles. The van der Waals surface area contributed by atoms with Crippen LogP contribution in [0.2, 0.25) is 0 Å². The van der Waals surface area contributed by atoms with Crippen LogP contribution in [0.1, 0.15) is 16.7 Å². The van der Waals surface area contributed by atoms with Crippen LogP contribution in [0, 0.1) is 12.7 Å². The standard InChI is InChI=1S/C18H13FO2/c1-12-2-4-13(5-3-12)10-15-11-17(21-18(15)20)14-6-8-16(19)9-7-14/h2-11H,1H3/b15-10+. The van der Waals surface area contributed by atoms with Gasteiger partial charge in [-0.2, -0.15) is 0 Å². The van der Waals surface area contributed by atoms with Gasteiger partial charge in [-0.1, -0.05) is 29.8 Å². The lowest BCUT2D eigenvalue weighted by Crippen LogP contribution is -1.97. The van der Waals surface area contributed by atoms with Crippen molar-refractivity contribution in [1.29, 1.82) is 0 Å². The highest BCUT2D eigenvalue weighted by atomic mass is 19.1. The molecule has 0 atom stereocenters. The fourth-order valence-corrected chi connectivity index (χ4v) is 2.09. The third kappa shape index (κ3) is 2.92. The van der Waals surface area contributed by atoms with E-state index in [1.54, 1.807) is 24.3 Å². The summed E-state index contributed by atoms with van der Waals surface area (Å²) in [7, 11) is 0. The van der Waals surface area contributed by atoms with Crippen LogP contribution in [0.15, 0.2) is 60.2 Å². The molecule has 0 saturated heterocycles. The average molecular weight is 280 g/mol. The minimum absolute atomic E-state index is 0.320. The number of benzene rings is 2. The summed E-state index contributed by atoms with van der Waals surface area (Å²) in [6.07, 6.45) is 3.45. The highest BCUT2D eigenvalue weighted by molar-refractivity contribution is 6.05. The number of cyclic esters (lactones) is 1. The van der Waals surface area contributed by atoms with Crippen molar-refractivity contribution >= 4 is 17.8 Å². The third-order valence-electron chi connectivity index (χ3n) is 3.25. The van der Waals surface area contributed by atoms with Crippen LogP contribution in [0.5, 0.6) is 0 Å². The van der Waals surface area contributed by atoms with E-state index >= 15 is 0 Å². The Morgan fingerprint density at radius 1 is 1.00 bits per heavy atom. The van der Waals surface area contributed by atoms with Gasteiger partial charge >= 0.3 is 5.97 Å². The lowest BCUT2D eigenvalue weighted by molar-refractivity contribution is -0.130. The van der Waals surface area contributed by atoms with Gasteiger partial charge in [-0.05, 0) is 48.9 Å². The number of hydrogen-bond donors (Lipinski definition) is 0. The van der Waals surface area contributed by atoms with Gasteiger partial charge in [-0.3, -0.25) is 0 Å². The largest absolute Gasteiger partial charge is 0.422 e. The molecule has 1 heterocycles. The second kappa shape index (κ2) is 5.37. The Balaban J connectivity index is 1.91. The van der Waals surface area contributed by atoms with E-state index in [0.29, 0.717) is 16.9 Å². The molecule has 0 radical (unpaired) electrons. The quantitative estimate of drug-likeness (QED) is 0.611. The van der Waals surface area contributed by atoms with E-state index in [-0.39, 0.29) is 5.82 Å². The molecule has 0 spiro atoms. The molecule has 3 heteroatoms. The topological polar surface area (TPSA) is 26.3 Å². The number of carbonyl (C=O) groups excluding carboxylic acids is 1. The molecular formula is C18H13FO2. The minimum atomic E-state index is -0.394. The van der Waals surface area contributed by atoms with Crippen LogP contribution in [0.3, 0.4) is 0 Å². The number of esters is 1. The van der Waals surface area contributed by atoms with Gasteiger partial charge in [0.2, 0.25) is 0 Å². The zero-order valence-corrected chi connectivity index (χ0v) is 11.5. The van der Waals surface area contributed by atoms with Crippen molar-refractivity contribution in [3.05, 3.63) is 82.7 Å². The maximum Gasteiger partial charge on any atom is 0.343 e. The molecule has 2 aromatic carbocycles. The average Bonchev–Trinajstić information content (AvgIpc) is 2.83. The second-order valence-electron chi connectivity index (χ2n) is 4.92. The predicted octanol–water partition coefficient (Wildman–Crippen LogP) is 4.12. The smallest absolute Gasteiger partial charge is 0.343 e. The van der Waals surface area contributed by atoms with Crippen molar-refractivity contribution in [2.45, 2.75) is 6.92 Å². The summed E-state index contributed by atoms with van der Waals surface area (Å²) < 4.78 is 18.1. The monoisotopic (exact) mass is 280 g/mol. The van der Waals surface area contributed by atoms with Crippen molar-refractivity contribution in [2.24, 2.45) is 0 Å². The lowest BCUT2D eigenvalue weighted by Gasteiger charge is -2.00. The first-order valence-corrected chi connectivity index (χ1v) is 6.60. The molecule has 0 unspecified atom stereocenters. The summed E-state index contributed by atoms with van der Waals surface area (Å²) in [5.74, 6) is -0.271. The first-order chi connectivity index (χ1) is 10.1. The van der Waals surface area contributed by atoms with Crippen LogP contribution in [-0.2, 0) is 9.53 Å². The number of hydrogen-bond acceptors (Lipinski definition) is 2. The van der Waals surface area contributed by atoms with Crippen molar-refractivity contribution < 1.29 is 13.9 Å². The van der Waals surface area contributed by atoms with E-state index in [2.05, 4.69) is 0 Å². The van der Waals surface area contributed by atoms with Gasteiger partial charge in [0.1, 0.15) is 11.6 Å². The molecule has 3 rings (SSSR count). The molecule has 21 heavy (non-hydrogen) atoms. The van der Waals surface area contributed by atoms with E-state index in [1.165, 1.54) is 12.1 Å². The van der Waals surface area contributed by atoms with E-state index in [9.17, 15) is 9.18 Å². The normalized spacial score (nSPS) is 16.0. The van der Waals surface area contributed by atoms with Gasteiger partial charge in [0.15, 0.2) is 0 Å². The Bertz CT molecular complexity index is 738. The SMILES string of the molecule is Cc1ccc(/C=C2\C=C(c3ccc(F)cc3)OC2=O)cc1. The Labute approximate surface area is 122 Å². The Hall–Kier alpha value is -2.68. The Kier molecular flexibility index (Phi) is 3.40. The summed E-state index contributed by atoms with van der Waals surface area (Å²) in [6, 6.07) is 13.7. The third-order valence-corrected chi connectivity index (χ3v) is 3.25. The Morgan fingerprint density at radius 2 is 1.67 bits per heavy atom. The highest BCUT2D eigenvalue weighted by Crippen LogP contribution is 2.27. The molecule has 0 amide bonds. The second-order valence-corrected chi connectivity index (χ2v) is 4.92. The summed E-state index contributed by atoms with van der Waals surface area (Å²) in [6.45, 7) is 2.01. The minimum Gasteiger partial charge on any atom is -0.422 e. The molecule has 0 aliphatic carbocycles. The summed E-state index contributed by atoms with van der Waals surface area (Å²) >= 11 is 0. The fourth-order valence-electron chi connectivity index (χ4n) is 2.09. The number of carbonyl (C=O) groups is 1. The summed E-state index contributed by atoms with van der Waals surface area (Å²) in [4.78, 5) is 11.9. The summed E-state index contributed by atoms with van der Waals surface area (Å²) in [5.41, 5.74) is 3.26. The van der Waals surface area contributed by atoms with E-state index in [1.807, 2.05) is 31.2 Å². The lowest BCUT2D eigenvalue weighted by atomic mass is 10.1. The maximum atomic E-state index is 12.9. The van der Waals surface area contributed by atoms with E-state index in [0.717, 1.165) is 11.1 Å². The molecule has 104 valence electrons. The van der Waals surface area contributed by atoms with Crippen LogP contribution in [-0.4, -0.2) is 5.97 Å². The van der Waals surface area contributed by atoms with E-state index in [4.69, 9.17) is 4.74 Å². The van der Waals surface area contributed by atoms with Gasteiger partial charge in [0.25, 0.3) is 0 Å². The molecule has 0 aromatic heterocycles.